The number of aromatic nitrogens is 2. The Labute approximate surface area is 150 Å². The minimum atomic E-state index is -4.86. The van der Waals surface area contributed by atoms with Crippen LogP contribution in [0.4, 0.5) is 19.0 Å². The molecule has 0 fully saturated rings. The third-order valence-corrected chi connectivity index (χ3v) is 3.91. The smallest absolute Gasteiger partial charge is 0.444 e. The van der Waals surface area contributed by atoms with E-state index in [9.17, 15) is 28.1 Å². The fourth-order valence-electron chi connectivity index (χ4n) is 2.60. The fraction of sp³-hybridized carbons (Fsp3) is 0.333. The quantitative estimate of drug-likeness (QED) is 0.590. The van der Waals surface area contributed by atoms with Crippen LogP contribution in [0, 0.1) is 10.1 Å². The second-order valence-corrected chi connectivity index (χ2v) is 5.75. The number of likely N-dealkylation sites (N-methyl/N-ethyl adjacent to an activating group) is 1. The van der Waals surface area contributed by atoms with E-state index >= 15 is 0 Å². The summed E-state index contributed by atoms with van der Waals surface area (Å²) in [5.74, 6) is -1.43. The number of carbonyl (C=O) groups excluding carboxylic acids is 1. The Morgan fingerprint density at radius 3 is 2.89 bits per heavy atom. The molecule has 9 nitrogen and oxygen atoms in total. The number of ether oxygens (including phenoxy) is 2. The fourth-order valence-corrected chi connectivity index (χ4v) is 2.60. The van der Waals surface area contributed by atoms with E-state index in [0.29, 0.717) is 0 Å². The molecule has 0 unspecified atom stereocenters. The third-order valence-electron chi connectivity index (χ3n) is 3.91. The number of imidazole rings is 1. The number of rotatable bonds is 4. The van der Waals surface area contributed by atoms with Crippen molar-refractivity contribution in [2.45, 2.75) is 18.9 Å². The number of nitrogens with zero attached hydrogens (tertiary/aromatic N) is 4. The van der Waals surface area contributed by atoms with Gasteiger partial charge in [0.2, 0.25) is 0 Å². The molecule has 0 N–H and O–H groups in total. The van der Waals surface area contributed by atoms with Crippen LogP contribution in [0.5, 0.6) is 11.8 Å². The van der Waals surface area contributed by atoms with Crippen molar-refractivity contribution in [3.05, 3.63) is 46.1 Å². The number of fused-ring (bicyclic) bond motifs is 1. The standard InChI is InChI=1S/C15H13F3N4O5/c1-20(10-6-21-7-12(22(24)25)19-14(21)26-8-10)13(23)9-3-2-4-11(5-9)27-15(16,17)18/h2-5,7,10H,6,8H2,1H3/t10-/m0/s1. The van der Waals surface area contributed by atoms with Crippen LogP contribution in [0.15, 0.2) is 30.5 Å². The number of hydrogen-bond acceptors (Lipinski definition) is 6. The first kappa shape index (κ1) is 18.5. The molecule has 1 aromatic carbocycles. The van der Waals surface area contributed by atoms with Gasteiger partial charge in [-0.1, -0.05) is 6.07 Å². The van der Waals surface area contributed by atoms with Crippen LogP contribution in [-0.2, 0) is 6.54 Å². The largest absolute Gasteiger partial charge is 0.573 e. The maximum Gasteiger partial charge on any atom is 0.573 e. The Morgan fingerprint density at radius 2 is 2.22 bits per heavy atom. The highest BCUT2D eigenvalue weighted by atomic mass is 19.4. The zero-order valence-electron chi connectivity index (χ0n) is 13.8. The minimum Gasteiger partial charge on any atom is -0.444 e. The molecule has 144 valence electrons. The van der Waals surface area contributed by atoms with Gasteiger partial charge in [0.15, 0.2) is 0 Å². The predicted molar refractivity (Wildman–Crippen MR) is 83.4 cm³/mol. The van der Waals surface area contributed by atoms with E-state index in [1.807, 2.05) is 0 Å². The highest BCUT2D eigenvalue weighted by Crippen LogP contribution is 2.26. The van der Waals surface area contributed by atoms with Gasteiger partial charge in [0.25, 0.3) is 5.91 Å². The average Bonchev–Trinajstić information content (AvgIpc) is 3.02. The summed E-state index contributed by atoms with van der Waals surface area (Å²) >= 11 is 0. The molecule has 1 amide bonds. The summed E-state index contributed by atoms with van der Waals surface area (Å²) in [6, 6.07) is 4.29. The molecule has 27 heavy (non-hydrogen) atoms. The van der Waals surface area contributed by atoms with Crippen LogP contribution >= 0.6 is 0 Å². The Balaban J connectivity index is 1.74. The van der Waals surface area contributed by atoms with E-state index in [4.69, 9.17) is 4.74 Å². The molecule has 2 aromatic rings. The molecular weight excluding hydrogens is 373 g/mol. The van der Waals surface area contributed by atoms with Gasteiger partial charge < -0.3 is 24.5 Å². The maximum absolute atomic E-state index is 12.6. The van der Waals surface area contributed by atoms with Crippen LogP contribution in [0.25, 0.3) is 0 Å². The lowest BCUT2D eigenvalue weighted by Gasteiger charge is -2.30. The summed E-state index contributed by atoms with van der Waals surface area (Å²) in [4.78, 5) is 27.7. The van der Waals surface area contributed by atoms with Gasteiger partial charge in [0.05, 0.1) is 12.6 Å². The average molecular weight is 386 g/mol. The normalized spacial score (nSPS) is 16.2. The van der Waals surface area contributed by atoms with Crippen molar-refractivity contribution in [3.8, 4) is 11.8 Å². The predicted octanol–water partition coefficient (Wildman–Crippen LogP) is 2.22. The molecule has 0 radical (unpaired) electrons. The van der Waals surface area contributed by atoms with Gasteiger partial charge >= 0.3 is 18.2 Å². The molecule has 1 aromatic heterocycles. The Morgan fingerprint density at radius 1 is 1.48 bits per heavy atom. The van der Waals surface area contributed by atoms with Gasteiger partial charge in [-0.2, -0.15) is 0 Å². The molecule has 2 heterocycles. The number of halogens is 3. The SMILES string of the molecule is CN(C(=O)c1cccc(OC(F)(F)F)c1)[C@@H]1COc2nc([N+](=O)[O-])cn2C1. The van der Waals surface area contributed by atoms with E-state index in [0.717, 1.165) is 12.1 Å². The molecule has 0 saturated heterocycles. The van der Waals surface area contributed by atoms with Crippen molar-refractivity contribution in [1.82, 2.24) is 14.5 Å². The lowest BCUT2D eigenvalue weighted by molar-refractivity contribution is -0.389. The molecule has 0 spiro atoms. The Hall–Kier alpha value is -3.31. The van der Waals surface area contributed by atoms with E-state index < -0.39 is 29.0 Å². The van der Waals surface area contributed by atoms with Crippen LogP contribution in [0.3, 0.4) is 0 Å². The van der Waals surface area contributed by atoms with Gasteiger partial charge in [-0.15, -0.1) is 13.2 Å². The highest BCUT2D eigenvalue weighted by Gasteiger charge is 2.33. The zero-order valence-corrected chi connectivity index (χ0v) is 13.8. The van der Waals surface area contributed by atoms with Gasteiger partial charge in [-0.05, 0) is 23.1 Å². The molecule has 0 bridgehead atoms. The lowest BCUT2D eigenvalue weighted by Crippen LogP contribution is -2.45. The first-order valence-corrected chi connectivity index (χ1v) is 7.61. The van der Waals surface area contributed by atoms with E-state index in [2.05, 4.69) is 9.72 Å². The van der Waals surface area contributed by atoms with Crippen molar-refractivity contribution in [3.63, 3.8) is 0 Å². The van der Waals surface area contributed by atoms with Crippen LogP contribution < -0.4 is 9.47 Å². The van der Waals surface area contributed by atoms with Crippen molar-refractivity contribution in [1.29, 1.82) is 0 Å². The monoisotopic (exact) mass is 386 g/mol. The summed E-state index contributed by atoms with van der Waals surface area (Å²) in [6.07, 6.45) is -3.67. The summed E-state index contributed by atoms with van der Waals surface area (Å²) < 4.78 is 47.6. The topological polar surface area (TPSA) is 99.7 Å². The molecule has 0 saturated carbocycles. The van der Waals surface area contributed by atoms with Crippen molar-refractivity contribution in [2.24, 2.45) is 0 Å². The number of carbonyl (C=O) groups is 1. The van der Waals surface area contributed by atoms with Crippen LogP contribution in [0.1, 0.15) is 10.4 Å². The third kappa shape index (κ3) is 4.10. The van der Waals surface area contributed by atoms with Gasteiger partial charge in [-0.25, -0.2) is 0 Å². The summed E-state index contributed by atoms with van der Waals surface area (Å²) in [7, 11) is 1.46. The lowest BCUT2D eigenvalue weighted by atomic mass is 10.1. The van der Waals surface area contributed by atoms with Gasteiger partial charge in [-0.3, -0.25) is 9.36 Å². The molecule has 3 rings (SSSR count). The molecule has 1 aliphatic heterocycles. The molecular formula is C15H13F3N4O5. The van der Waals surface area contributed by atoms with E-state index in [-0.39, 0.29) is 30.5 Å². The summed E-state index contributed by atoms with van der Waals surface area (Å²) in [6.45, 7) is 0.228. The molecule has 0 aliphatic carbocycles. The number of hydrogen-bond donors (Lipinski definition) is 0. The van der Waals surface area contributed by atoms with Crippen molar-refractivity contribution >= 4 is 11.7 Å². The van der Waals surface area contributed by atoms with Crippen LogP contribution in [-0.4, -0.2) is 51.3 Å². The first-order chi connectivity index (χ1) is 12.6. The maximum atomic E-state index is 12.6. The van der Waals surface area contributed by atoms with Gasteiger partial charge in [0.1, 0.15) is 18.6 Å². The number of alkyl halides is 3. The van der Waals surface area contributed by atoms with E-state index in [1.165, 1.54) is 34.8 Å². The Bertz CT molecular complexity index is 883. The minimum absolute atomic E-state index is 0.00154. The second-order valence-electron chi connectivity index (χ2n) is 5.75. The Kier molecular flexibility index (Phi) is 4.64. The summed E-state index contributed by atoms with van der Waals surface area (Å²) in [5.41, 5.74) is 0.00154. The molecule has 1 aliphatic rings. The highest BCUT2D eigenvalue weighted by molar-refractivity contribution is 5.94. The number of amides is 1. The zero-order chi connectivity index (χ0) is 19.8. The van der Waals surface area contributed by atoms with Gasteiger partial charge in [0, 0.05) is 17.6 Å². The van der Waals surface area contributed by atoms with E-state index in [1.54, 1.807) is 0 Å². The summed E-state index contributed by atoms with van der Waals surface area (Å²) in [5, 5.41) is 10.8. The second kappa shape index (κ2) is 6.78. The molecule has 12 heteroatoms. The van der Waals surface area contributed by atoms with Crippen molar-refractivity contribution in [2.75, 3.05) is 13.7 Å². The number of benzene rings is 1. The first-order valence-electron chi connectivity index (χ1n) is 7.61. The molecule has 1 atom stereocenters. The number of nitro groups is 1. The van der Waals surface area contributed by atoms with Crippen LogP contribution in [0.2, 0.25) is 0 Å². The van der Waals surface area contributed by atoms with Crippen molar-refractivity contribution < 1.29 is 32.4 Å².